The van der Waals surface area contributed by atoms with Gasteiger partial charge in [0.2, 0.25) is 15.9 Å². The molecule has 0 aromatic heterocycles. The van der Waals surface area contributed by atoms with E-state index < -0.39 is 15.9 Å². The molecule has 3 aromatic rings. The van der Waals surface area contributed by atoms with E-state index in [0.29, 0.717) is 23.7 Å². The maximum Gasteiger partial charge on any atom is 0.245 e. The van der Waals surface area contributed by atoms with E-state index in [1.54, 1.807) is 48.5 Å². The first kappa shape index (κ1) is 21.4. The summed E-state index contributed by atoms with van der Waals surface area (Å²) in [5, 5.41) is 2.73. The molecule has 30 heavy (non-hydrogen) atoms. The van der Waals surface area contributed by atoms with Crippen molar-refractivity contribution in [2.24, 2.45) is 0 Å². The largest absolute Gasteiger partial charge is 0.489 e. The molecule has 0 saturated heterocycles. The van der Waals surface area contributed by atoms with Crippen LogP contribution in [0.3, 0.4) is 0 Å². The summed E-state index contributed by atoms with van der Waals surface area (Å²) in [6.07, 6.45) is 1.08. The lowest BCUT2D eigenvalue weighted by molar-refractivity contribution is -0.114. The molecular weight excluding hydrogens is 400 g/mol. The van der Waals surface area contributed by atoms with Crippen LogP contribution in [0, 0.1) is 6.92 Å². The maximum atomic E-state index is 12.5. The van der Waals surface area contributed by atoms with Gasteiger partial charge in [0, 0.05) is 5.69 Å². The van der Waals surface area contributed by atoms with Gasteiger partial charge in [0.05, 0.1) is 11.9 Å². The monoisotopic (exact) mass is 424 g/mol. The third-order valence-corrected chi connectivity index (χ3v) is 5.54. The van der Waals surface area contributed by atoms with Gasteiger partial charge in [-0.1, -0.05) is 48.0 Å². The van der Waals surface area contributed by atoms with Crippen molar-refractivity contribution < 1.29 is 17.9 Å². The van der Waals surface area contributed by atoms with Crippen LogP contribution in [0.25, 0.3) is 0 Å². The molecule has 0 spiro atoms. The topological polar surface area (TPSA) is 75.7 Å². The van der Waals surface area contributed by atoms with E-state index in [2.05, 4.69) is 5.32 Å². The molecule has 1 N–H and O–H groups in total. The third kappa shape index (κ3) is 6.09. The van der Waals surface area contributed by atoms with Crippen molar-refractivity contribution in [1.82, 2.24) is 0 Å². The van der Waals surface area contributed by atoms with E-state index in [4.69, 9.17) is 4.74 Å². The fraction of sp³-hybridized carbons (Fsp3) is 0.174. The van der Waals surface area contributed by atoms with Crippen LogP contribution in [-0.4, -0.2) is 27.1 Å². The summed E-state index contributed by atoms with van der Waals surface area (Å²) >= 11 is 0. The average molecular weight is 425 g/mol. The molecule has 3 aromatic carbocycles. The number of anilines is 2. The summed E-state index contributed by atoms with van der Waals surface area (Å²) in [5.41, 5.74) is 3.07. The van der Waals surface area contributed by atoms with E-state index in [1.165, 1.54) is 0 Å². The Bertz CT molecular complexity index is 1080. The zero-order chi connectivity index (χ0) is 21.6. The number of benzene rings is 3. The Morgan fingerprint density at radius 1 is 0.933 bits per heavy atom. The molecule has 0 saturated carbocycles. The number of hydrogen-bond donors (Lipinski definition) is 1. The van der Waals surface area contributed by atoms with Gasteiger partial charge in [-0.25, -0.2) is 8.42 Å². The van der Waals surface area contributed by atoms with Crippen LogP contribution in [0.1, 0.15) is 11.1 Å². The summed E-state index contributed by atoms with van der Waals surface area (Å²) in [4.78, 5) is 12.5. The number of ether oxygens (including phenoxy) is 1. The molecule has 7 heteroatoms. The minimum atomic E-state index is -3.61. The fourth-order valence-electron chi connectivity index (χ4n) is 2.82. The molecule has 1 amide bonds. The van der Waals surface area contributed by atoms with Gasteiger partial charge >= 0.3 is 0 Å². The van der Waals surface area contributed by atoms with E-state index in [-0.39, 0.29) is 6.54 Å². The molecule has 0 radical (unpaired) electrons. The van der Waals surface area contributed by atoms with Crippen molar-refractivity contribution in [3.8, 4) is 5.75 Å². The first-order valence-electron chi connectivity index (χ1n) is 9.42. The van der Waals surface area contributed by atoms with E-state index in [1.807, 2.05) is 37.3 Å². The van der Waals surface area contributed by atoms with Gasteiger partial charge in [0.1, 0.15) is 18.9 Å². The van der Waals surface area contributed by atoms with Crippen LogP contribution < -0.4 is 14.4 Å². The lowest BCUT2D eigenvalue weighted by atomic mass is 10.2. The van der Waals surface area contributed by atoms with Crippen LogP contribution in [0.5, 0.6) is 5.75 Å². The van der Waals surface area contributed by atoms with Gasteiger partial charge < -0.3 is 10.1 Å². The number of rotatable bonds is 8. The summed E-state index contributed by atoms with van der Waals surface area (Å²) < 4.78 is 31.1. The summed E-state index contributed by atoms with van der Waals surface area (Å²) in [6.45, 7) is 2.05. The molecular formula is C23H24N2O4S. The second-order valence-electron chi connectivity index (χ2n) is 6.95. The highest BCUT2D eigenvalue weighted by Crippen LogP contribution is 2.20. The Morgan fingerprint density at radius 2 is 1.57 bits per heavy atom. The smallest absolute Gasteiger partial charge is 0.245 e. The quantitative estimate of drug-likeness (QED) is 0.594. The zero-order valence-corrected chi connectivity index (χ0v) is 17.7. The van der Waals surface area contributed by atoms with Crippen LogP contribution in [0.4, 0.5) is 11.4 Å². The maximum absolute atomic E-state index is 12.5. The zero-order valence-electron chi connectivity index (χ0n) is 16.9. The second-order valence-corrected chi connectivity index (χ2v) is 8.86. The van der Waals surface area contributed by atoms with Crippen molar-refractivity contribution in [1.29, 1.82) is 0 Å². The molecule has 0 bridgehead atoms. The molecule has 156 valence electrons. The molecule has 0 atom stereocenters. The van der Waals surface area contributed by atoms with Crippen LogP contribution in [-0.2, 0) is 21.4 Å². The third-order valence-electron chi connectivity index (χ3n) is 4.40. The van der Waals surface area contributed by atoms with Gasteiger partial charge in [-0.3, -0.25) is 9.10 Å². The average Bonchev–Trinajstić information content (AvgIpc) is 2.72. The first-order valence-corrected chi connectivity index (χ1v) is 11.3. The highest BCUT2D eigenvalue weighted by Gasteiger charge is 2.20. The van der Waals surface area contributed by atoms with Crippen molar-refractivity contribution in [3.63, 3.8) is 0 Å². The Hall–Kier alpha value is -3.32. The summed E-state index contributed by atoms with van der Waals surface area (Å²) in [6, 6.07) is 23.7. The van der Waals surface area contributed by atoms with Gasteiger partial charge in [-0.2, -0.15) is 0 Å². The predicted molar refractivity (Wildman–Crippen MR) is 119 cm³/mol. The van der Waals surface area contributed by atoms with Gasteiger partial charge in [-0.15, -0.1) is 0 Å². The number of sulfonamides is 1. The van der Waals surface area contributed by atoms with Crippen molar-refractivity contribution in [3.05, 3.63) is 90.0 Å². The van der Waals surface area contributed by atoms with E-state index >= 15 is 0 Å². The molecule has 6 nitrogen and oxygen atoms in total. The molecule has 0 heterocycles. The molecule has 0 aliphatic heterocycles. The number of aryl methyl sites for hydroxylation is 1. The number of carbonyl (C=O) groups is 1. The second kappa shape index (κ2) is 9.45. The molecule has 0 aliphatic rings. The SMILES string of the molecule is Cc1ccc(N(CC(=O)Nc2ccc(OCc3ccccc3)cc2)S(C)(=O)=O)cc1. The highest BCUT2D eigenvalue weighted by atomic mass is 32.2. The van der Waals surface area contributed by atoms with Crippen LogP contribution >= 0.6 is 0 Å². The number of nitrogens with zero attached hydrogens (tertiary/aromatic N) is 1. The Balaban J connectivity index is 1.61. The standard InChI is InChI=1S/C23H24N2O4S/c1-18-8-12-21(13-9-18)25(30(2,27)28)16-23(26)24-20-10-14-22(15-11-20)29-17-19-6-4-3-5-7-19/h3-15H,16-17H2,1-2H3,(H,24,26). The lowest BCUT2D eigenvalue weighted by Crippen LogP contribution is -2.37. The molecule has 0 unspecified atom stereocenters. The minimum absolute atomic E-state index is 0.311. The van der Waals surface area contributed by atoms with Crippen molar-refractivity contribution in [2.75, 3.05) is 22.4 Å². The Kier molecular flexibility index (Phi) is 6.74. The summed E-state index contributed by atoms with van der Waals surface area (Å²) in [7, 11) is -3.61. The van der Waals surface area contributed by atoms with Gasteiger partial charge in [0.25, 0.3) is 0 Å². The normalized spacial score (nSPS) is 11.0. The predicted octanol–water partition coefficient (Wildman–Crippen LogP) is 3.98. The van der Waals surface area contributed by atoms with E-state index in [9.17, 15) is 13.2 Å². The van der Waals surface area contributed by atoms with Gasteiger partial charge in [-0.05, 0) is 48.9 Å². The number of nitrogens with one attached hydrogen (secondary N) is 1. The van der Waals surface area contributed by atoms with Gasteiger partial charge in [0.15, 0.2) is 0 Å². The Morgan fingerprint density at radius 3 is 2.17 bits per heavy atom. The summed E-state index contributed by atoms with van der Waals surface area (Å²) in [5.74, 6) is 0.244. The molecule has 0 aliphatic carbocycles. The van der Waals surface area contributed by atoms with Crippen molar-refractivity contribution >= 4 is 27.3 Å². The van der Waals surface area contributed by atoms with E-state index in [0.717, 1.165) is 21.7 Å². The Labute approximate surface area is 177 Å². The number of amides is 1. The van der Waals surface area contributed by atoms with Crippen LogP contribution in [0.2, 0.25) is 0 Å². The highest BCUT2D eigenvalue weighted by molar-refractivity contribution is 7.92. The number of carbonyl (C=O) groups excluding carboxylic acids is 1. The minimum Gasteiger partial charge on any atom is -0.489 e. The lowest BCUT2D eigenvalue weighted by Gasteiger charge is -2.22. The molecule has 3 rings (SSSR count). The van der Waals surface area contributed by atoms with Crippen molar-refractivity contribution in [2.45, 2.75) is 13.5 Å². The van der Waals surface area contributed by atoms with Crippen LogP contribution in [0.15, 0.2) is 78.9 Å². The fourth-order valence-corrected chi connectivity index (χ4v) is 3.67. The number of hydrogen-bond acceptors (Lipinski definition) is 4. The first-order chi connectivity index (χ1) is 14.3. The molecule has 0 fully saturated rings.